The van der Waals surface area contributed by atoms with Crippen LogP contribution in [-0.2, 0) is 13.6 Å². The number of aromatic nitrogens is 4. The van der Waals surface area contributed by atoms with E-state index in [2.05, 4.69) is 15.3 Å². The van der Waals surface area contributed by atoms with Crippen LogP contribution in [0, 0.1) is 5.92 Å². The number of imidazole rings is 1. The van der Waals surface area contributed by atoms with Crippen LogP contribution in [0.25, 0.3) is 11.4 Å². The van der Waals surface area contributed by atoms with Gasteiger partial charge in [0.05, 0.1) is 5.56 Å². The van der Waals surface area contributed by atoms with E-state index in [1.165, 1.54) is 11.3 Å². The molecule has 1 amide bonds. The lowest BCUT2D eigenvalue weighted by Gasteiger charge is -2.42. The van der Waals surface area contributed by atoms with Crippen molar-refractivity contribution >= 4 is 22.4 Å². The number of hydrogen-bond donors (Lipinski definition) is 1. The molecule has 8 nitrogen and oxygen atoms in total. The van der Waals surface area contributed by atoms with Gasteiger partial charge in [0.15, 0.2) is 5.13 Å². The van der Waals surface area contributed by atoms with E-state index in [-0.39, 0.29) is 23.3 Å². The van der Waals surface area contributed by atoms with Crippen molar-refractivity contribution in [2.45, 2.75) is 18.9 Å². The summed E-state index contributed by atoms with van der Waals surface area (Å²) in [5.41, 5.74) is 2.12. The number of hydrogen-bond acceptors (Lipinski definition) is 6. The highest BCUT2D eigenvalue weighted by molar-refractivity contribution is 7.13. The van der Waals surface area contributed by atoms with Gasteiger partial charge in [-0.15, -0.1) is 11.3 Å². The van der Waals surface area contributed by atoms with Gasteiger partial charge in [-0.2, -0.15) is 0 Å². The van der Waals surface area contributed by atoms with Crippen LogP contribution in [0.3, 0.4) is 0 Å². The highest BCUT2D eigenvalue weighted by Gasteiger charge is 2.37. The number of amides is 1. The number of thiazole rings is 1. The highest BCUT2D eigenvalue weighted by atomic mass is 32.1. The lowest BCUT2D eigenvalue weighted by atomic mass is 9.83. The zero-order chi connectivity index (χ0) is 20.1. The van der Waals surface area contributed by atoms with Crippen molar-refractivity contribution in [3.05, 3.63) is 51.6 Å². The molecule has 0 radical (unpaired) electrons. The molecule has 5 rings (SSSR count). The van der Waals surface area contributed by atoms with Crippen LogP contribution < -0.4 is 10.9 Å². The van der Waals surface area contributed by atoms with Gasteiger partial charge in [0.1, 0.15) is 11.5 Å². The van der Waals surface area contributed by atoms with Gasteiger partial charge in [-0.1, -0.05) is 0 Å². The van der Waals surface area contributed by atoms with Gasteiger partial charge in [0.25, 0.3) is 11.5 Å². The SMILES string of the molecule is CNc1nc(C(=O)N2C[C@@H]3C[C@H](C2)c2ccc(-c4nccn4C)c(=O)n2C3)cs1. The summed E-state index contributed by atoms with van der Waals surface area (Å²) in [6, 6.07) is 3.90. The predicted octanol–water partition coefficient (Wildman–Crippen LogP) is 2.01. The number of nitrogens with zero attached hydrogens (tertiary/aromatic N) is 5. The smallest absolute Gasteiger partial charge is 0.273 e. The number of rotatable bonds is 3. The molecule has 2 atom stereocenters. The summed E-state index contributed by atoms with van der Waals surface area (Å²) in [7, 11) is 3.69. The minimum atomic E-state index is -0.0297. The van der Waals surface area contributed by atoms with Crippen LogP contribution in [0.1, 0.15) is 28.5 Å². The third-order valence-electron chi connectivity index (χ3n) is 5.89. The Morgan fingerprint density at radius 2 is 2.14 bits per heavy atom. The maximum Gasteiger partial charge on any atom is 0.273 e. The molecule has 9 heteroatoms. The Morgan fingerprint density at radius 3 is 2.86 bits per heavy atom. The van der Waals surface area contributed by atoms with E-state index in [1.54, 1.807) is 18.6 Å². The van der Waals surface area contributed by atoms with Crippen molar-refractivity contribution in [1.82, 2.24) is 24.0 Å². The van der Waals surface area contributed by atoms with Crippen molar-refractivity contribution in [1.29, 1.82) is 0 Å². The highest BCUT2D eigenvalue weighted by Crippen LogP contribution is 2.36. The molecule has 0 saturated carbocycles. The molecule has 150 valence electrons. The fraction of sp³-hybridized carbons (Fsp3) is 0.400. The van der Waals surface area contributed by atoms with Crippen LogP contribution >= 0.6 is 11.3 Å². The van der Waals surface area contributed by atoms with Gasteiger partial charge >= 0.3 is 0 Å². The number of pyridine rings is 1. The van der Waals surface area contributed by atoms with Gasteiger partial charge in [0, 0.05) is 63.1 Å². The summed E-state index contributed by atoms with van der Waals surface area (Å²) in [5, 5.41) is 5.52. The fourth-order valence-corrected chi connectivity index (χ4v) is 5.20. The first kappa shape index (κ1) is 18.1. The van der Waals surface area contributed by atoms with E-state index in [0.29, 0.717) is 36.7 Å². The van der Waals surface area contributed by atoms with Crippen LogP contribution in [0.15, 0.2) is 34.7 Å². The second-order valence-electron chi connectivity index (χ2n) is 7.75. The summed E-state index contributed by atoms with van der Waals surface area (Å²) >= 11 is 1.43. The van der Waals surface area contributed by atoms with Crippen LogP contribution in [0.2, 0.25) is 0 Å². The van der Waals surface area contributed by atoms with E-state index in [1.807, 2.05) is 39.4 Å². The van der Waals surface area contributed by atoms with Gasteiger partial charge in [-0.05, 0) is 24.5 Å². The zero-order valence-electron chi connectivity index (χ0n) is 16.3. The summed E-state index contributed by atoms with van der Waals surface area (Å²) in [6.07, 6.45) is 4.55. The maximum atomic E-state index is 13.2. The minimum absolute atomic E-state index is 0.00411. The van der Waals surface area contributed by atoms with E-state index < -0.39 is 0 Å². The number of aryl methyl sites for hydroxylation is 1. The van der Waals surface area contributed by atoms with Crippen molar-refractivity contribution in [3.63, 3.8) is 0 Å². The monoisotopic (exact) mass is 410 g/mol. The number of carbonyl (C=O) groups excluding carboxylic acids is 1. The maximum absolute atomic E-state index is 13.2. The van der Waals surface area contributed by atoms with Crippen LogP contribution in [0.4, 0.5) is 5.13 Å². The average Bonchev–Trinajstić information content (AvgIpc) is 3.37. The molecular formula is C20H22N6O2S. The number of fused-ring (bicyclic) bond motifs is 4. The first-order valence-corrected chi connectivity index (χ1v) is 10.6. The molecule has 0 spiro atoms. The average molecular weight is 411 g/mol. The van der Waals surface area contributed by atoms with E-state index in [4.69, 9.17) is 0 Å². The molecule has 29 heavy (non-hydrogen) atoms. The molecule has 1 N–H and O–H groups in total. The Hall–Kier alpha value is -2.94. The van der Waals surface area contributed by atoms with E-state index in [9.17, 15) is 9.59 Å². The molecule has 1 fully saturated rings. The lowest BCUT2D eigenvalue weighted by Crippen LogP contribution is -2.49. The predicted molar refractivity (Wildman–Crippen MR) is 111 cm³/mol. The number of carbonyl (C=O) groups is 1. The normalized spacial score (nSPS) is 20.4. The van der Waals surface area contributed by atoms with Crippen molar-refractivity contribution in [2.24, 2.45) is 13.0 Å². The summed E-state index contributed by atoms with van der Waals surface area (Å²) in [5.74, 6) is 1.08. The molecule has 0 aromatic carbocycles. The van der Waals surface area contributed by atoms with Crippen molar-refractivity contribution in [3.8, 4) is 11.4 Å². The number of anilines is 1. The molecular weight excluding hydrogens is 388 g/mol. The molecule has 2 aliphatic rings. The first-order valence-electron chi connectivity index (χ1n) is 9.69. The van der Waals surface area contributed by atoms with Gasteiger partial charge in [-0.25, -0.2) is 9.97 Å². The van der Waals surface area contributed by atoms with Gasteiger partial charge in [-0.3, -0.25) is 9.59 Å². The lowest BCUT2D eigenvalue weighted by molar-refractivity contribution is 0.0590. The molecule has 5 heterocycles. The van der Waals surface area contributed by atoms with Gasteiger partial charge < -0.3 is 19.4 Å². The first-order chi connectivity index (χ1) is 14.0. The Kier molecular flexibility index (Phi) is 4.27. The Morgan fingerprint density at radius 1 is 1.28 bits per heavy atom. The van der Waals surface area contributed by atoms with Crippen LogP contribution in [-0.4, -0.2) is 50.0 Å². The van der Waals surface area contributed by atoms with Crippen molar-refractivity contribution < 1.29 is 4.79 Å². The number of likely N-dealkylation sites (tertiary alicyclic amines) is 1. The Bertz CT molecular complexity index is 1150. The van der Waals surface area contributed by atoms with E-state index in [0.717, 1.165) is 17.2 Å². The second-order valence-corrected chi connectivity index (χ2v) is 8.60. The third kappa shape index (κ3) is 2.96. The standard InChI is InChI=1S/C20H22N6O2S/c1-21-20-23-15(11-29-20)19(28)25-8-12-7-13(10-25)16-4-3-14(18(27)26(16)9-12)17-22-5-6-24(17)2/h3-6,11-13H,7-10H2,1-2H3,(H,21,23)/t12-,13+/m0/s1. The minimum Gasteiger partial charge on any atom is -0.365 e. The van der Waals surface area contributed by atoms with Crippen LogP contribution in [0.5, 0.6) is 0 Å². The number of piperidine rings is 1. The molecule has 2 aliphatic heterocycles. The Labute approximate surface area is 171 Å². The quantitative estimate of drug-likeness (QED) is 0.714. The molecule has 0 unspecified atom stereocenters. The fourth-order valence-electron chi connectivity index (χ4n) is 4.56. The van der Waals surface area contributed by atoms with Crippen molar-refractivity contribution in [2.75, 3.05) is 25.5 Å². The summed E-state index contributed by atoms with van der Waals surface area (Å²) in [6.45, 7) is 1.90. The largest absolute Gasteiger partial charge is 0.365 e. The second kappa shape index (κ2) is 6.84. The van der Waals surface area contributed by atoms with E-state index >= 15 is 0 Å². The topological polar surface area (TPSA) is 85.1 Å². The molecule has 3 aromatic rings. The number of nitrogens with one attached hydrogen (secondary N) is 1. The summed E-state index contributed by atoms with van der Waals surface area (Å²) in [4.78, 5) is 36.7. The molecule has 3 aromatic heterocycles. The molecule has 2 bridgehead atoms. The molecule has 1 saturated heterocycles. The summed E-state index contributed by atoms with van der Waals surface area (Å²) < 4.78 is 3.76. The Balaban J connectivity index is 1.45. The zero-order valence-corrected chi connectivity index (χ0v) is 17.1. The third-order valence-corrected chi connectivity index (χ3v) is 6.75. The van der Waals surface area contributed by atoms with Gasteiger partial charge in [0.2, 0.25) is 0 Å². The molecule has 0 aliphatic carbocycles.